The van der Waals surface area contributed by atoms with Crippen LogP contribution in [0.4, 0.5) is 24.2 Å². The molecule has 222 valence electrons. The Labute approximate surface area is 242 Å². The quantitative estimate of drug-likeness (QED) is 0.321. The van der Waals surface area contributed by atoms with Gasteiger partial charge >= 0.3 is 12.1 Å². The number of pyridine rings is 1. The Kier molecular flexibility index (Phi) is 9.68. The van der Waals surface area contributed by atoms with E-state index in [-0.39, 0.29) is 19.0 Å². The second kappa shape index (κ2) is 13.4. The third-order valence-electron chi connectivity index (χ3n) is 6.60. The fraction of sp³-hybridized carbons (Fsp3) is 0.333. The van der Waals surface area contributed by atoms with Crippen molar-refractivity contribution in [2.75, 3.05) is 32.1 Å². The zero-order valence-electron chi connectivity index (χ0n) is 23.5. The van der Waals surface area contributed by atoms with Crippen LogP contribution in [-0.2, 0) is 20.9 Å². The van der Waals surface area contributed by atoms with E-state index in [0.29, 0.717) is 11.1 Å². The highest BCUT2D eigenvalue weighted by Crippen LogP contribution is 2.29. The molecule has 42 heavy (non-hydrogen) atoms. The molecule has 2 aromatic carbocycles. The minimum Gasteiger partial charge on any atom is -0.445 e. The van der Waals surface area contributed by atoms with Gasteiger partial charge in [-0.15, -0.1) is 0 Å². The monoisotopic (exact) mass is 581 g/mol. The van der Waals surface area contributed by atoms with Gasteiger partial charge in [-0.1, -0.05) is 59.7 Å². The van der Waals surface area contributed by atoms with Gasteiger partial charge in [0.15, 0.2) is 0 Å². The van der Waals surface area contributed by atoms with Gasteiger partial charge in [0.1, 0.15) is 18.5 Å². The predicted octanol–water partition coefficient (Wildman–Crippen LogP) is 4.65. The lowest BCUT2D eigenvalue weighted by Crippen LogP contribution is -2.58. The predicted molar refractivity (Wildman–Crippen MR) is 151 cm³/mol. The van der Waals surface area contributed by atoms with Crippen molar-refractivity contribution in [2.24, 2.45) is 0 Å². The Morgan fingerprint density at radius 3 is 2.48 bits per heavy atom. The second-order valence-electron chi connectivity index (χ2n) is 10.1. The molecule has 0 bridgehead atoms. The van der Waals surface area contributed by atoms with Crippen molar-refractivity contribution in [3.63, 3.8) is 0 Å². The maximum atomic E-state index is 14.1. The summed E-state index contributed by atoms with van der Waals surface area (Å²) in [5.74, 6) is -3.63. The van der Waals surface area contributed by atoms with Crippen LogP contribution >= 0.6 is 0 Å². The van der Waals surface area contributed by atoms with Crippen LogP contribution in [0.2, 0.25) is 0 Å². The summed E-state index contributed by atoms with van der Waals surface area (Å²) in [6, 6.07) is 15.0. The maximum absolute atomic E-state index is 14.1. The normalized spacial score (nSPS) is 15.7. The van der Waals surface area contributed by atoms with Gasteiger partial charge in [-0.2, -0.15) is 0 Å². The molecule has 0 aliphatic carbocycles. The topological polar surface area (TPSA) is 122 Å². The van der Waals surface area contributed by atoms with Crippen LogP contribution in [0.3, 0.4) is 0 Å². The van der Waals surface area contributed by atoms with Crippen LogP contribution in [0, 0.1) is 13.8 Å². The number of carbonyl (C=O) groups is 3. The number of alkyl carbamates (subject to hydrolysis) is 1. The van der Waals surface area contributed by atoms with E-state index >= 15 is 0 Å². The molecule has 1 aliphatic rings. The Morgan fingerprint density at radius 1 is 1.07 bits per heavy atom. The number of ether oxygens (including phenoxy) is 2. The molecule has 1 aliphatic heterocycles. The molecule has 1 saturated heterocycles. The van der Waals surface area contributed by atoms with Crippen molar-refractivity contribution < 1.29 is 32.6 Å². The Morgan fingerprint density at radius 2 is 1.79 bits per heavy atom. The van der Waals surface area contributed by atoms with Crippen molar-refractivity contribution in [3.8, 4) is 0 Å². The molecule has 3 N–H and O–H groups in total. The summed E-state index contributed by atoms with van der Waals surface area (Å²) in [7, 11) is 1.40. The molecule has 0 saturated carbocycles. The van der Waals surface area contributed by atoms with E-state index in [1.807, 2.05) is 50.2 Å². The van der Waals surface area contributed by atoms with Crippen molar-refractivity contribution in [3.05, 3.63) is 94.7 Å². The molecule has 4 rings (SSSR count). The molecule has 2 atom stereocenters. The highest BCUT2D eigenvalue weighted by Gasteiger charge is 2.42. The number of aromatic nitrogens is 1. The lowest BCUT2D eigenvalue weighted by Gasteiger charge is -2.38. The average Bonchev–Trinajstić information content (AvgIpc) is 2.95. The summed E-state index contributed by atoms with van der Waals surface area (Å²) in [6.45, 7) is 2.16. The minimum absolute atomic E-state index is 0.0153. The molecule has 1 fully saturated rings. The summed E-state index contributed by atoms with van der Waals surface area (Å²) in [6.07, 6.45) is 0.595. The average molecular weight is 582 g/mol. The van der Waals surface area contributed by atoms with Gasteiger partial charge in [-0.05, 0) is 42.7 Å². The first-order chi connectivity index (χ1) is 20.0. The van der Waals surface area contributed by atoms with E-state index in [0.717, 1.165) is 21.6 Å². The van der Waals surface area contributed by atoms with Crippen LogP contribution in [0.5, 0.6) is 0 Å². The number of amides is 4. The van der Waals surface area contributed by atoms with E-state index in [9.17, 15) is 23.2 Å². The van der Waals surface area contributed by atoms with Crippen LogP contribution < -0.4 is 16.0 Å². The van der Waals surface area contributed by atoms with Crippen molar-refractivity contribution >= 4 is 23.8 Å². The zero-order chi connectivity index (χ0) is 30.3. The van der Waals surface area contributed by atoms with Crippen LogP contribution in [-0.4, -0.2) is 60.6 Å². The third-order valence-corrected chi connectivity index (χ3v) is 6.60. The smallest absolute Gasteiger partial charge is 0.408 e. The SMILES string of the molecule is COC[C@H](c1ccnc(NC(=O)[C@@H](NC(=O)OCc2ccccc2)c2cc(C)cc(C)c2)c1)N1CC(F)(F)CNC1=O. The number of nitrogens with zero attached hydrogens (tertiary/aromatic N) is 2. The minimum atomic E-state index is -3.12. The van der Waals surface area contributed by atoms with E-state index in [4.69, 9.17) is 9.47 Å². The fourth-order valence-corrected chi connectivity index (χ4v) is 4.74. The Balaban J connectivity index is 1.55. The summed E-state index contributed by atoms with van der Waals surface area (Å²) < 4.78 is 38.9. The summed E-state index contributed by atoms with van der Waals surface area (Å²) in [5.41, 5.74) is 3.52. The number of nitrogens with one attached hydrogen (secondary N) is 3. The molecule has 0 radical (unpaired) electrons. The van der Waals surface area contributed by atoms with Gasteiger partial charge in [-0.25, -0.2) is 23.4 Å². The standard InChI is InChI=1S/C30H33F2N5O5/c1-19-11-20(2)13-23(12-19)26(36-29(40)42-15-21-7-5-4-6-8-21)27(38)35-25-14-22(9-10-33-25)24(16-41-3)37-18-30(31,32)17-34-28(37)39/h4-14,24,26H,15-18H2,1-3H3,(H,34,39)(H,36,40)(H,33,35,38)/t24-,26+/m1/s1. The molecule has 0 spiro atoms. The van der Waals surface area contributed by atoms with Crippen LogP contribution in [0.1, 0.15) is 39.9 Å². The van der Waals surface area contributed by atoms with Gasteiger partial charge in [0.05, 0.1) is 25.7 Å². The summed E-state index contributed by atoms with van der Waals surface area (Å²) in [4.78, 5) is 44.0. The molecule has 2 heterocycles. The molecular weight excluding hydrogens is 548 g/mol. The molecule has 1 aromatic heterocycles. The van der Waals surface area contributed by atoms with Gasteiger partial charge in [-0.3, -0.25) is 4.79 Å². The summed E-state index contributed by atoms with van der Waals surface area (Å²) in [5, 5.41) is 7.54. The van der Waals surface area contributed by atoms with Gasteiger partial charge in [0.2, 0.25) is 0 Å². The second-order valence-corrected chi connectivity index (χ2v) is 10.1. The molecule has 12 heteroatoms. The first kappa shape index (κ1) is 30.4. The lowest BCUT2D eigenvalue weighted by atomic mass is 10.0. The first-order valence-corrected chi connectivity index (χ1v) is 13.3. The van der Waals surface area contributed by atoms with Gasteiger partial charge in [0, 0.05) is 13.3 Å². The number of urea groups is 1. The fourth-order valence-electron chi connectivity index (χ4n) is 4.74. The molecule has 3 aromatic rings. The number of hydrogen-bond acceptors (Lipinski definition) is 6. The Bertz CT molecular complexity index is 1400. The number of rotatable bonds is 10. The maximum Gasteiger partial charge on any atom is 0.408 e. The number of alkyl halides is 2. The number of aryl methyl sites for hydroxylation is 2. The first-order valence-electron chi connectivity index (χ1n) is 13.3. The third kappa shape index (κ3) is 8.00. The van der Waals surface area contributed by atoms with E-state index in [1.165, 1.54) is 19.4 Å². The largest absolute Gasteiger partial charge is 0.445 e. The number of methoxy groups -OCH3 is 1. The van der Waals surface area contributed by atoms with Crippen LogP contribution in [0.15, 0.2) is 66.9 Å². The van der Waals surface area contributed by atoms with Crippen LogP contribution in [0.25, 0.3) is 0 Å². The zero-order valence-corrected chi connectivity index (χ0v) is 23.5. The van der Waals surface area contributed by atoms with E-state index < -0.39 is 49.1 Å². The number of carbonyl (C=O) groups excluding carboxylic acids is 3. The molecule has 0 unspecified atom stereocenters. The highest BCUT2D eigenvalue weighted by atomic mass is 19.3. The lowest BCUT2D eigenvalue weighted by molar-refractivity contribution is -0.118. The Hall–Kier alpha value is -4.58. The van der Waals surface area contributed by atoms with E-state index in [1.54, 1.807) is 18.2 Å². The van der Waals surface area contributed by atoms with Crippen molar-refractivity contribution in [1.82, 2.24) is 20.5 Å². The molecule has 10 nitrogen and oxygen atoms in total. The van der Waals surface area contributed by atoms with Gasteiger partial charge < -0.3 is 30.3 Å². The summed E-state index contributed by atoms with van der Waals surface area (Å²) >= 11 is 0. The van der Waals surface area contributed by atoms with Crippen molar-refractivity contribution in [1.29, 1.82) is 0 Å². The molecule has 4 amide bonds. The van der Waals surface area contributed by atoms with E-state index in [2.05, 4.69) is 20.9 Å². The van der Waals surface area contributed by atoms with Gasteiger partial charge in [0.25, 0.3) is 11.8 Å². The van der Waals surface area contributed by atoms with Crippen molar-refractivity contribution in [2.45, 2.75) is 38.5 Å². The number of benzene rings is 2. The number of anilines is 1. The number of hydrogen-bond donors (Lipinski definition) is 3. The molecular formula is C30H33F2N5O5. The highest BCUT2D eigenvalue weighted by molar-refractivity contribution is 5.96. The number of halogens is 2.